The number of aromatic nitrogens is 1. The molecule has 0 bridgehead atoms. The van der Waals surface area contributed by atoms with Gasteiger partial charge in [-0.1, -0.05) is 0 Å². The van der Waals surface area contributed by atoms with E-state index in [4.69, 9.17) is 4.74 Å². The van der Waals surface area contributed by atoms with E-state index in [1.807, 2.05) is 12.3 Å². The van der Waals surface area contributed by atoms with Gasteiger partial charge in [0.05, 0.1) is 7.11 Å². The number of nitrogens with zero attached hydrogens (tertiary/aromatic N) is 2. The topological polar surface area (TPSA) is 37.4 Å². The first-order valence-electron chi connectivity index (χ1n) is 5.80. The van der Waals surface area contributed by atoms with Crippen LogP contribution >= 0.6 is 0 Å². The molecule has 88 valence electrons. The lowest BCUT2D eigenvalue weighted by Crippen LogP contribution is -2.27. The molecule has 0 aromatic carbocycles. The van der Waals surface area contributed by atoms with E-state index in [9.17, 15) is 0 Å². The molecule has 0 radical (unpaired) electrons. The molecule has 4 nitrogen and oxygen atoms in total. The first-order valence-corrected chi connectivity index (χ1v) is 5.80. The second-order valence-corrected chi connectivity index (χ2v) is 4.07. The summed E-state index contributed by atoms with van der Waals surface area (Å²) >= 11 is 0. The minimum absolute atomic E-state index is 0.929. The molecule has 1 N–H and O–H groups in total. The Morgan fingerprint density at radius 3 is 3.25 bits per heavy atom. The van der Waals surface area contributed by atoms with Gasteiger partial charge < -0.3 is 10.1 Å². The van der Waals surface area contributed by atoms with Gasteiger partial charge in [0, 0.05) is 37.6 Å². The molecule has 1 aromatic heterocycles. The maximum Gasteiger partial charge on any atom is 0.126 e. The third-order valence-corrected chi connectivity index (χ3v) is 2.91. The van der Waals surface area contributed by atoms with Crippen LogP contribution in [-0.2, 0) is 6.54 Å². The fraction of sp³-hybridized carbons (Fsp3) is 0.583. The first-order chi connectivity index (χ1) is 7.90. The molecule has 1 aliphatic heterocycles. The summed E-state index contributed by atoms with van der Waals surface area (Å²) in [7, 11) is 1.71. The summed E-state index contributed by atoms with van der Waals surface area (Å²) in [6, 6.07) is 1.92. The lowest BCUT2D eigenvalue weighted by molar-refractivity contribution is 0.278. The fourth-order valence-electron chi connectivity index (χ4n) is 2.03. The normalized spacial score (nSPS) is 18.1. The van der Waals surface area contributed by atoms with Crippen LogP contribution in [0.2, 0.25) is 0 Å². The van der Waals surface area contributed by atoms with Crippen LogP contribution in [0.1, 0.15) is 12.0 Å². The van der Waals surface area contributed by atoms with Crippen molar-refractivity contribution in [1.82, 2.24) is 15.2 Å². The van der Waals surface area contributed by atoms with Gasteiger partial charge in [-0.15, -0.1) is 0 Å². The number of hydrogen-bond donors (Lipinski definition) is 1. The van der Waals surface area contributed by atoms with E-state index in [2.05, 4.69) is 15.2 Å². The Morgan fingerprint density at radius 1 is 1.44 bits per heavy atom. The van der Waals surface area contributed by atoms with Crippen molar-refractivity contribution in [3.05, 3.63) is 24.0 Å². The van der Waals surface area contributed by atoms with E-state index < -0.39 is 0 Å². The number of rotatable bonds is 3. The van der Waals surface area contributed by atoms with Crippen molar-refractivity contribution in [2.45, 2.75) is 13.0 Å². The standard InChI is InChI=1S/C12H19N3O/c1-16-12-3-5-14-9-11(12)10-15-7-2-4-13-6-8-15/h3,5,9,13H,2,4,6-8,10H2,1H3. The van der Waals surface area contributed by atoms with Crippen LogP contribution in [0.25, 0.3) is 0 Å². The zero-order valence-electron chi connectivity index (χ0n) is 9.78. The second kappa shape index (κ2) is 5.82. The van der Waals surface area contributed by atoms with Gasteiger partial charge in [-0.25, -0.2) is 0 Å². The smallest absolute Gasteiger partial charge is 0.126 e. The molecule has 1 aliphatic rings. The predicted molar refractivity (Wildman–Crippen MR) is 63.6 cm³/mol. The summed E-state index contributed by atoms with van der Waals surface area (Å²) in [6.45, 7) is 5.37. The largest absolute Gasteiger partial charge is 0.496 e. The summed E-state index contributed by atoms with van der Waals surface area (Å²) in [5.41, 5.74) is 1.17. The molecule has 0 aliphatic carbocycles. The van der Waals surface area contributed by atoms with Crippen molar-refractivity contribution in [2.24, 2.45) is 0 Å². The Kier molecular flexibility index (Phi) is 4.13. The molecule has 16 heavy (non-hydrogen) atoms. The number of pyridine rings is 1. The lowest BCUT2D eigenvalue weighted by atomic mass is 10.2. The number of ether oxygens (including phenoxy) is 1. The van der Waals surface area contributed by atoms with Gasteiger partial charge >= 0.3 is 0 Å². The number of methoxy groups -OCH3 is 1. The maximum atomic E-state index is 5.34. The summed E-state index contributed by atoms with van der Waals surface area (Å²) in [5, 5.41) is 3.40. The summed E-state index contributed by atoms with van der Waals surface area (Å²) in [5.74, 6) is 0.937. The highest BCUT2D eigenvalue weighted by Crippen LogP contribution is 2.18. The van der Waals surface area contributed by atoms with E-state index in [-0.39, 0.29) is 0 Å². The highest BCUT2D eigenvalue weighted by molar-refractivity contribution is 5.29. The Hall–Kier alpha value is -1.13. The van der Waals surface area contributed by atoms with Gasteiger partial charge in [0.1, 0.15) is 5.75 Å². The minimum Gasteiger partial charge on any atom is -0.496 e. The SMILES string of the molecule is COc1ccncc1CN1CCCNCC1. The van der Waals surface area contributed by atoms with Crippen molar-refractivity contribution in [3.63, 3.8) is 0 Å². The first kappa shape index (κ1) is 11.4. The highest BCUT2D eigenvalue weighted by Gasteiger charge is 2.11. The molecule has 0 unspecified atom stereocenters. The molecule has 1 aromatic rings. The van der Waals surface area contributed by atoms with E-state index in [0.29, 0.717) is 0 Å². The van der Waals surface area contributed by atoms with Crippen molar-refractivity contribution in [3.8, 4) is 5.75 Å². The zero-order valence-corrected chi connectivity index (χ0v) is 9.78. The molecule has 2 rings (SSSR count). The van der Waals surface area contributed by atoms with Gasteiger partial charge in [-0.3, -0.25) is 9.88 Å². The molecular weight excluding hydrogens is 202 g/mol. The van der Waals surface area contributed by atoms with Gasteiger partial charge in [0.15, 0.2) is 0 Å². The number of hydrogen-bond acceptors (Lipinski definition) is 4. The molecule has 1 saturated heterocycles. The molecule has 1 fully saturated rings. The van der Waals surface area contributed by atoms with Gasteiger partial charge in [0.25, 0.3) is 0 Å². The number of nitrogens with one attached hydrogen (secondary N) is 1. The fourth-order valence-corrected chi connectivity index (χ4v) is 2.03. The lowest BCUT2D eigenvalue weighted by Gasteiger charge is -2.20. The molecule has 0 amide bonds. The maximum absolute atomic E-state index is 5.34. The highest BCUT2D eigenvalue weighted by atomic mass is 16.5. The molecule has 0 saturated carbocycles. The van der Waals surface area contributed by atoms with Gasteiger partial charge in [0.2, 0.25) is 0 Å². The van der Waals surface area contributed by atoms with Gasteiger partial charge in [-0.2, -0.15) is 0 Å². The second-order valence-electron chi connectivity index (χ2n) is 4.07. The average Bonchev–Trinajstić information content (AvgIpc) is 2.58. The van der Waals surface area contributed by atoms with Crippen LogP contribution < -0.4 is 10.1 Å². The quantitative estimate of drug-likeness (QED) is 0.822. The van der Waals surface area contributed by atoms with E-state index in [1.165, 1.54) is 12.0 Å². The monoisotopic (exact) mass is 221 g/mol. The predicted octanol–water partition coefficient (Wildman–Crippen LogP) is 0.885. The third-order valence-electron chi connectivity index (χ3n) is 2.91. The Labute approximate surface area is 96.6 Å². The van der Waals surface area contributed by atoms with E-state index >= 15 is 0 Å². The van der Waals surface area contributed by atoms with Crippen molar-refractivity contribution in [1.29, 1.82) is 0 Å². The molecular formula is C12H19N3O. The van der Waals surface area contributed by atoms with Crippen molar-refractivity contribution in [2.75, 3.05) is 33.3 Å². The van der Waals surface area contributed by atoms with Gasteiger partial charge in [-0.05, 0) is 25.6 Å². The van der Waals surface area contributed by atoms with Crippen molar-refractivity contribution >= 4 is 0 Å². The van der Waals surface area contributed by atoms with E-state index in [0.717, 1.165) is 38.5 Å². The van der Waals surface area contributed by atoms with Crippen LogP contribution in [0.4, 0.5) is 0 Å². The molecule has 0 atom stereocenters. The Morgan fingerprint density at radius 2 is 2.38 bits per heavy atom. The van der Waals surface area contributed by atoms with Crippen LogP contribution in [0.3, 0.4) is 0 Å². The summed E-state index contributed by atoms with van der Waals surface area (Å²) in [4.78, 5) is 6.60. The molecule has 4 heteroatoms. The Bertz CT molecular complexity index is 322. The summed E-state index contributed by atoms with van der Waals surface area (Å²) < 4.78 is 5.34. The van der Waals surface area contributed by atoms with Crippen LogP contribution in [0.15, 0.2) is 18.5 Å². The van der Waals surface area contributed by atoms with E-state index in [1.54, 1.807) is 13.3 Å². The average molecular weight is 221 g/mol. The van der Waals surface area contributed by atoms with Crippen LogP contribution in [0, 0.1) is 0 Å². The van der Waals surface area contributed by atoms with Crippen LogP contribution in [0.5, 0.6) is 5.75 Å². The summed E-state index contributed by atoms with van der Waals surface area (Å²) in [6.07, 6.45) is 4.88. The van der Waals surface area contributed by atoms with Crippen molar-refractivity contribution < 1.29 is 4.74 Å². The van der Waals surface area contributed by atoms with Crippen LogP contribution in [-0.4, -0.2) is 43.2 Å². The third kappa shape index (κ3) is 2.93. The minimum atomic E-state index is 0.929. The molecule has 2 heterocycles. The zero-order chi connectivity index (χ0) is 11.2. The Balaban J connectivity index is 2.01. The molecule has 0 spiro atoms.